The molecule has 2 rings (SSSR count). The van der Waals surface area contributed by atoms with Crippen LogP contribution in [-0.2, 0) is 11.3 Å². The molecule has 2 heterocycles. The highest BCUT2D eigenvalue weighted by Gasteiger charge is 2.16. The fourth-order valence-electron chi connectivity index (χ4n) is 1.79. The Morgan fingerprint density at radius 2 is 2.59 bits per heavy atom. The van der Waals surface area contributed by atoms with Crippen LogP contribution in [0.25, 0.3) is 0 Å². The average molecular weight is 254 g/mol. The standard InChI is InChI=1S/C11H18N4OS/c16-11(7-10-8-17-6-3-13-10)14-2-5-15-4-1-12-9-15/h1,4,9-10,13H,2-3,5-8H2,(H,14,16). The minimum absolute atomic E-state index is 0.130. The van der Waals surface area contributed by atoms with E-state index in [9.17, 15) is 4.79 Å². The predicted molar refractivity (Wildman–Crippen MR) is 69.0 cm³/mol. The Hall–Kier alpha value is -1.01. The van der Waals surface area contributed by atoms with Crippen molar-refractivity contribution in [1.29, 1.82) is 0 Å². The predicted octanol–water partition coefficient (Wildman–Crippen LogP) is 0.0944. The molecular formula is C11H18N4OS. The van der Waals surface area contributed by atoms with E-state index >= 15 is 0 Å². The Balaban J connectivity index is 1.60. The lowest BCUT2D eigenvalue weighted by Crippen LogP contribution is -2.41. The Bertz CT molecular complexity index is 335. The van der Waals surface area contributed by atoms with Gasteiger partial charge < -0.3 is 15.2 Å². The molecule has 0 aromatic carbocycles. The molecule has 1 unspecified atom stereocenters. The summed E-state index contributed by atoms with van der Waals surface area (Å²) in [4.78, 5) is 15.6. The normalized spacial score (nSPS) is 20.1. The number of amides is 1. The van der Waals surface area contributed by atoms with Crippen molar-refractivity contribution in [3.05, 3.63) is 18.7 Å². The van der Waals surface area contributed by atoms with Gasteiger partial charge in [0.15, 0.2) is 0 Å². The summed E-state index contributed by atoms with van der Waals surface area (Å²) < 4.78 is 1.95. The van der Waals surface area contributed by atoms with E-state index in [1.807, 2.05) is 22.5 Å². The number of hydrogen-bond acceptors (Lipinski definition) is 4. The fourth-order valence-corrected chi connectivity index (χ4v) is 2.74. The average Bonchev–Trinajstić information content (AvgIpc) is 2.83. The van der Waals surface area contributed by atoms with E-state index in [0.717, 1.165) is 24.6 Å². The van der Waals surface area contributed by atoms with E-state index < -0.39 is 0 Å². The van der Waals surface area contributed by atoms with Gasteiger partial charge in [-0.2, -0.15) is 11.8 Å². The Kier molecular flexibility index (Phi) is 4.88. The Labute approximate surface area is 105 Å². The lowest BCUT2D eigenvalue weighted by atomic mass is 10.2. The molecule has 17 heavy (non-hydrogen) atoms. The first-order chi connectivity index (χ1) is 8.34. The van der Waals surface area contributed by atoms with E-state index in [2.05, 4.69) is 15.6 Å². The molecule has 0 bridgehead atoms. The molecule has 6 heteroatoms. The smallest absolute Gasteiger partial charge is 0.221 e. The van der Waals surface area contributed by atoms with Gasteiger partial charge in [0, 0.05) is 56.0 Å². The van der Waals surface area contributed by atoms with Crippen molar-refractivity contribution in [3.8, 4) is 0 Å². The molecule has 0 radical (unpaired) electrons. The lowest BCUT2D eigenvalue weighted by molar-refractivity contribution is -0.121. The van der Waals surface area contributed by atoms with Crippen LogP contribution in [0.2, 0.25) is 0 Å². The number of nitrogens with zero attached hydrogens (tertiary/aromatic N) is 2. The summed E-state index contributed by atoms with van der Waals surface area (Å²) in [5.74, 6) is 2.32. The molecule has 0 spiro atoms. The molecule has 5 nitrogen and oxygen atoms in total. The van der Waals surface area contributed by atoms with Crippen molar-refractivity contribution in [2.45, 2.75) is 19.0 Å². The third kappa shape index (κ3) is 4.40. The van der Waals surface area contributed by atoms with Crippen LogP contribution in [0.5, 0.6) is 0 Å². The highest BCUT2D eigenvalue weighted by Crippen LogP contribution is 2.09. The molecular weight excluding hydrogens is 236 g/mol. The van der Waals surface area contributed by atoms with Gasteiger partial charge in [-0.3, -0.25) is 4.79 Å². The molecule has 1 atom stereocenters. The quantitative estimate of drug-likeness (QED) is 0.782. The van der Waals surface area contributed by atoms with Gasteiger partial charge in [-0.05, 0) is 0 Å². The van der Waals surface area contributed by atoms with Gasteiger partial charge in [-0.1, -0.05) is 0 Å². The van der Waals surface area contributed by atoms with E-state index in [-0.39, 0.29) is 5.91 Å². The second-order valence-electron chi connectivity index (χ2n) is 4.08. The summed E-state index contributed by atoms with van der Waals surface area (Å²) in [5.41, 5.74) is 0. The molecule has 1 aliphatic rings. The van der Waals surface area contributed by atoms with Crippen LogP contribution >= 0.6 is 11.8 Å². The largest absolute Gasteiger partial charge is 0.354 e. The zero-order valence-electron chi connectivity index (χ0n) is 9.76. The molecule has 1 aliphatic heterocycles. The molecule has 0 saturated carbocycles. The van der Waals surface area contributed by atoms with E-state index in [1.165, 1.54) is 0 Å². The van der Waals surface area contributed by atoms with Crippen molar-refractivity contribution < 1.29 is 4.79 Å². The molecule has 1 fully saturated rings. The minimum Gasteiger partial charge on any atom is -0.354 e. The van der Waals surface area contributed by atoms with Crippen molar-refractivity contribution in [2.24, 2.45) is 0 Å². The summed E-state index contributed by atoms with van der Waals surface area (Å²) in [6.45, 7) is 2.45. The maximum Gasteiger partial charge on any atom is 0.221 e. The zero-order chi connectivity index (χ0) is 11.9. The van der Waals surface area contributed by atoms with Crippen molar-refractivity contribution in [3.63, 3.8) is 0 Å². The molecule has 94 valence electrons. The van der Waals surface area contributed by atoms with Gasteiger partial charge in [0.25, 0.3) is 0 Å². The third-order valence-corrected chi connectivity index (χ3v) is 3.81. The maximum atomic E-state index is 11.7. The van der Waals surface area contributed by atoms with Gasteiger partial charge >= 0.3 is 0 Å². The number of carbonyl (C=O) groups excluding carboxylic acids is 1. The number of hydrogen-bond donors (Lipinski definition) is 2. The third-order valence-electron chi connectivity index (χ3n) is 2.68. The first-order valence-electron chi connectivity index (χ1n) is 5.88. The van der Waals surface area contributed by atoms with Crippen LogP contribution in [0.1, 0.15) is 6.42 Å². The molecule has 1 aromatic rings. The molecule has 2 N–H and O–H groups in total. The van der Waals surface area contributed by atoms with Gasteiger partial charge in [0.1, 0.15) is 0 Å². The maximum absolute atomic E-state index is 11.7. The number of carbonyl (C=O) groups is 1. The first kappa shape index (κ1) is 12.4. The monoisotopic (exact) mass is 254 g/mol. The Morgan fingerprint density at radius 3 is 3.29 bits per heavy atom. The van der Waals surface area contributed by atoms with Gasteiger partial charge in [0.05, 0.1) is 6.33 Å². The number of nitrogens with one attached hydrogen (secondary N) is 2. The topological polar surface area (TPSA) is 59.0 Å². The molecule has 1 aromatic heterocycles. The first-order valence-corrected chi connectivity index (χ1v) is 7.03. The van der Waals surface area contributed by atoms with Crippen molar-refractivity contribution >= 4 is 17.7 Å². The highest BCUT2D eigenvalue weighted by molar-refractivity contribution is 7.99. The number of thioether (sulfide) groups is 1. The fraction of sp³-hybridized carbons (Fsp3) is 0.636. The molecule has 0 aliphatic carbocycles. The summed E-state index contributed by atoms with van der Waals surface area (Å²) in [6, 6.07) is 0.335. The van der Waals surface area contributed by atoms with Gasteiger partial charge in [-0.15, -0.1) is 0 Å². The van der Waals surface area contributed by atoms with Gasteiger partial charge in [0.2, 0.25) is 5.91 Å². The second kappa shape index (κ2) is 6.66. The minimum atomic E-state index is 0.130. The van der Waals surface area contributed by atoms with Crippen LogP contribution in [0.15, 0.2) is 18.7 Å². The summed E-state index contributed by atoms with van der Waals surface area (Å²) in [6.07, 6.45) is 5.97. The van der Waals surface area contributed by atoms with Crippen LogP contribution < -0.4 is 10.6 Å². The van der Waals surface area contributed by atoms with Crippen LogP contribution in [-0.4, -0.2) is 46.1 Å². The number of aromatic nitrogens is 2. The number of rotatable bonds is 5. The second-order valence-corrected chi connectivity index (χ2v) is 5.23. The Morgan fingerprint density at radius 1 is 1.65 bits per heavy atom. The highest BCUT2D eigenvalue weighted by atomic mass is 32.2. The summed E-state index contributed by atoms with van der Waals surface area (Å²) >= 11 is 1.91. The van der Waals surface area contributed by atoms with E-state index in [1.54, 1.807) is 12.5 Å². The van der Waals surface area contributed by atoms with Crippen LogP contribution in [0, 0.1) is 0 Å². The van der Waals surface area contributed by atoms with E-state index in [0.29, 0.717) is 19.0 Å². The SMILES string of the molecule is O=C(CC1CSCCN1)NCCn1ccnc1. The zero-order valence-corrected chi connectivity index (χ0v) is 10.6. The van der Waals surface area contributed by atoms with Crippen LogP contribution in [0.4, 0.5) is 0 Å². The van der Waals surface area contributed by atoms with E-state index in [4.69, 9.17) is 0 Å². The summed E-state index contributed by atoms with van der Waals surface area (Å²) in [7, 11) is 0. The van der Waals surface area contributed by atoms with Crippen LogP contribution in [0.3, 0.4) is 0 Å². The van der Waals surface area contributed by atoms with Gasteiger partial charge in [-0.25, -0.2) is 4.98 Å². The lowest BCUT2D eigenvalue weighted by Gasteiger charge is -2.22. The molecule has 1 amide bonds. The molecule has 1 saturated heterocycles. The van der Waals surface area contributed by atoms with Crippen molar-refractivity contribution in [2.75, 3.05) is 24.6 Å². The number of imidazole rings is 1. The van der Waals surface area contributed by atoms with Crippen molar-refractivity contribution in [1.82, 2.24) is 20.2 Å². The summed E-state index contributed by atoms with van der Waals surface area (Å²) in [5, 5.41) is 6.29.